The minimum Gasteiger partial charge on any atom is -0.507 e. The highest BCUT2D eigenvalue weighted by Crippen LogP contribution is 2.34. The molecule has 3 nitrogen and oxygen atoms in total. The van der Waals surface area contributed by atoms with Crippen molar-refractivity contribution < 1.29 is 13.9 Å². The summed E-state index contributed by atoms with van der Waals surface area (Å²) in [5.74, 6) is -1.18. The van der Waals surface area contributed by atoms with Crippen molar-refractivity contribution in [2.45, 2.75) is 12.8 Å². The fourth-order valence-electron chi connectivity index (χ4n) is 2.51. The summed E-state index contributed by atoms with van der Waals surface area (Å²) in [5, 5.41) is 10.8. The Morgan fingerprint density at radius 1 is 1.10 bits per heavy atom. The van der Waals surface area contributed by atoms with Crippen molar-refractivity contribution in [2.75, 3.05) is 0 Å². The maximum absolute atomic E-state index is 13.9. The minimum absolute atomic E-state index is 0.0683. The van der Waals surface area contributed by atoms with Gasteiger partial charge >= 0.3 is 5.63 Å². The lowest BCUT2D eigenvalue weighted by Gasteiger charge is -2.14. The molecule has 0 aliphatic heterocycles. The van der Waals surface area contributed by atoms with Gasteiger partial charge in [-0.05, 0) is 23.8 Å². The number of rotatable bonds is 2. The number of halogens is 1. The molecule has 0 bridgehead atoms. The van der Waals surface area contributed by atoms with Crippen molar-refractivity contribution in [3.05, 3.63) is 75.9 Å². The molecule has 3 rings (SSSR count). The molecule has 4 heteroatoms. The second kappa shape index (κ2) is 5.05. The molecule has 0 radical (unpaired) electrons. The zero-order valence-corrected chi connectivity index (χ0v) is 11.3. The number of para-hydroxylation sites is 1. The number of aromatic hydroxyl groups is 1. The van der Waals surface area contributed by atoms with Crippen LogP contribution in [0.2, 0.25) is 0 Å². The zero-order valence-electron chi connectivity index (χ0n) is 11.3. The summed E-state index contributed by atoms with van der Waals surface area (Å²) in [6.45, 7) is 1.67. The van der Waals surface area contributed by atoms with Gasteiger partial charge in [0.1, 0.15) is 17.1 Å². The van der Waals surface area contributed by atoms with Gasteiger partial charge in [0.15, 0.2) is 0 Å². The van der Waals surface area contributed by atoms with Crippen LogP contribution in [-0.4, -0.2) is 5.11 Å². The van der Waals surface area contributed by atoms with Crippen molar-refractivity contribution in [2.24, 2.45) is 0 Å². The van der Waals surface area contributed by atoms with E-state index in [1.807, 2.05) is 0 Å². The van der Waals surface area contributed by atoms with E-state index >= 15 is 0 Å². The average Bonchev–Trinajstić information content (AvgIpc) is 2.47. The summed E-state index contributed by atoms with van der Waals surface area (Å²) in [7, 11) is 0. The van der Waals surface area contributed by atoms with E-state index in [1.54, 1.807) is 49.4 Å². The monoisotopic (exact) mass is 284 g/mol. The van der Waals surface area contributed by atoms with Crippen LogP contribution in [0, 0.1) is 5.82 Å². The van der Waals surface area contributed by atoms with Gasteiger partial charge in [-0.2, -0.15) is 0 Å². The zero-order chi connectivity index (χ0) is 15.0. The Morgan fingerprint density at radius 3 is 2.52 bits per heavy atom. The highest BCUT2D eigenvalue weighted by Gasteiger charge is 2.22. The van der Waals surface area contributed by atoms with E-state index in [4.69, 9.17) is 4.42 Å². The van der Waals surface area contributed by atoms with Gasteiger partial charge in [-0.1, -0.05) is 37.3 Å². The van der Waals surface area contributed by atoms with Crippen molar-refractivity contribution in [3.8, 4) is 5.75 Å². The number of hydrogen-bond donors (Lipinski definition) is 1. The molecule has 3 aromatic rings. The second-order valence-corrected chi connectivity index (χ2v) is 4.89. The molecule has 0 spiro atoms. The van der Waals surface area contributed by atoms with Crippen LogP contribution in [0.15, 0.2) is 57.7 Å². The van der Waals surface area contributed by atoms with Crippen LogP contribution in [0.3, 0.4) is 0 Å². The first-order chi connectivity index (χ1) is 10.1. The minimum atomic E-state index is -0.651. The Balaban J connectivity index is 2.25. The third kappa shape index (κ3) is 2.18. The highest BCUT2D eigenvalue weighted by atomic mass is 19.1. The van der Waals surface area contributed by atoms with Crippen molar-refractivity contribution in [1.82, 2.24) is 0 Å². The third-order valence-corrected chi connectivity index (χ3v) is 3.62. The van der Waals surface area contributed by atoms with Gasteiger partial charge in [-0.25, -0.2) is 9.18 Å². The normalized spacial score (nSPS) is 12.5. The fourth-order valence-corrected chi connectivity index (χ4v) is 2.51. The standard InChI is InChI=1S/C17H13FO3/c1-10(11-6-2-4-8-13(11)18)15-16(19)12-7-3-5-9-14(12)21-17(15)20/h2-10,19H,1H3. The molecule has 21 heavy (non-hydrogen) atoms. The highest BCUT2D eigenvalue weighted by molar-refractivity contribution is 5.84. The molecule has 0 saturated heterocycles. The molecule has 0 aliphatic carbocycles. The Hall–Kier alpha value is -2.62. The van der Waals surface area contributed by atoms with Crippen molar-refractivity contribution in [3.63, 3.8) is 0 Å². The molecule has 0 aliphatic rings. The Morgan fingerprint density at radius 2 is 1.76 bits per heavy atom. The second-order valence-electron chi connectivity index (χ2n) is 4.89. The lowest BCUT2D eigenvalue weighted by molar-refractivity contribution is 0.452. The predicted octanol–water partition coefficient (Wildman–Crippen LogP) is 3.79. The SMILES string of the molecule is CC(c1ccccc1F)c1c(O)c2ccccc2oc1=O. The predicted molar refractivity (Wildman–Crippen MR) is 78.1 cm³/mol. The molecule has 1 heterocycles. The van der Waals surface area contributed by atoms with Gasteiger partial charge in [0, 0.05) is 5.92 Å². The Bertz CT molecular complexity index is 867. The van der Waals surface area contributed by atoms with E-state index in [0.29, 0.717) is 16.5 Å². The van der Waals surface area contributed by atoms with Crippen molar-refractivity contribution >= 4 is 11.0 Å². The largest absolute Gasteiger partial charge is 0.507 e. The fraction of sp³-hybridized carbons (Fsp3) is 0.118. The van der Waals surface area contributed by atoms with Crippen LogP contribution in [0.25, 0.3) is 11.0 Å². The molecule has 1 N–H and O–H groups in total. The molecule has 1 atom stereocenters. The van der Waals surface area contributed by atoms with E-state index in [-0.39, 0.29) is 11.3 Å². The van der Waals surface area contributed by atoms with Crippen LogP contribution < -0.4 is 5.63 Å². The smallest absolute Gasteiger partial charge is 0.343 e. The quantitative estimate of drug-likeness (QED) is 0.728. The molecule has 1 aromatic heterocycles. The summed E-state index contributed by atoms with van der Waals surface area (Å²) in [6.07, 6.45) is 0. The summed E-state index contributed by atoms with van der Waals surface area (Å²) in [4.78, 5) is 12.1. The van der Waals surface area contributed by atoms with E-state index in [2.05, 4.69) is 0 Å². The Kier molecular flexibility index (Phi) is 3.22. The number of hydrogen-bond acceptors (Lipinski definition) is 3. The average molecular weight is 284 g/mol. The van der Waals surface area contributed by atoms with Gasteiger partial charge in [0.25, 0.3) is 0 Å². The molecular formula is C17H13FO3. The van der Waals surface area contributed by atoms with Crippen LogP contribution in [0.5, 0.6) is 5.75 Å². The van der Waals surface area contributed by atoms with E-state index in [9.17, 15) is 14.3 Å². The van der Waals surface area contributed by atoms with E-state index < -0.39 is 17.4 Å². The van der Waals surface area contributed by atoms with Crippen molar-refractivity contribution in [1.29, 1.82) is 0 Å². The summed E-state index contributed by atoms with van der Waals surface area (Å²) in [6, 6.07) is 12.9. The lowest BCUT2D eigenvalue weighted by Crippen LogP contribution is -2.13. The molecule has 0 saturated carbocycles. The van der Waals surface area contributed by atoms with Crippen LogP contribution >= 0.6 is 0 Å². The van der Waals surface area contributed by atoms with Gasteiger partial charge in [0.2, 0.25) is 0 Å². The molecule has 1 unspecified atom stereocenters. The topological polar surface area (TPSA) is 50.4 Å². The first kappa shape index (κ1) is 13.4. The maximum atomic E-state index is 13.9. The molecule has 0 amide bonds. The summed E-state index contributed by atoms with van der Waals surface area (Å²) in [5.41, 5.74) is 0.0700. The first-order valence-corrected chi connectivity index (χ1v) is 6.58. The lowest BCUT2D eigenvalue weighted by atomic mass is 9.92. The van der Waals surface area contributed by atoms with E-state index in [1.165, 1.54) is 6.07 Å². The first-order valence-electron chi connectivity index (χ1n) is 6.58. The molecule has 0 fully saturated rings. The van der Waals surface area contributed by atoms with Crippen LogP contribution in [0.1, 0.15) is 24.0 Å². The summed E-state index contributed by atoms with van der Waals surface area (Å²) < 4.78 is 19.1. The number of benzene rings is 2. The van der Waals surface area contributed by atoms with E-state index in [0.717, 1.165) is 0 Å². The van der Waals surface area contributed by atoms with Gasteiger partial charge < -0.3 is 9.52 Å². The molecule has 2 aromatic carbocycles. The van der Waals surface area contributed by atoms with Gasteiger partial charge in [0.05, 0.1) is 10.9 Å². The molecule has 106 valence electrons. The van der Waals surface area contributed by atoms with Gasteiger partial charge in [-0.15, -0.1) is 0 Å². The van der Waals surface area contributed by atoms with Crippen LogP contribution in [0.4, 0.5) is 4.39 Å². The summed E-state index contributed by atoms with van der Waals surface area (Å²) >= 11 is 0. The van der Waals surface area contributed by atoms with Crippen LogP contribution in [-0.2, 0) is 0 Å². The number of fused-ring (bicyclic) bond motifs is 1. The Labute approximate surface area is 120 Å². The third-order valence-electron chi connectivity index (χ3n) is 3.62. The van der Waals surface area contributed by atoms with Gasteiger partial charge in [-0.3, -0.25) is 0 Å². The molecular weight excluding hydrogens is 271 g/mol. The maximum Gasteiger partial charge on any atom is 0.343 e.